The molecular weight excluding hydrogens is 506 g/mol. The van der Waals surface area contributed by atoms with Crippen LogP contribution in [0.25, 0.3) is 0 Å². The maximum Gasteiger partial charge on any atom is 0.266 e. The van der Waals surface area contributed by atoms with Crippen molar-refractivity contribution in [2.75, 3.05) is 4.72 Å². The SMILES string of the molecule is O=S(=O)(Nc1cscn1)c1cc(F)c(Oc2ccc(Cl)cc2CCCCc2ccn[nH]2)cc1F. The molecular formula is C22H19ClF2N4O3S2. The summed E-state index contributed by atoms with van der Waals surface area (Å²) in [7, 11) is -4.37. The minimum atomic E-state index is -4.37. The molecule has 2 N–H and O–H groups in total. The van der Waals surface area contributed by atoms with Crippen molar-refractivity contribution in [2.45, 2.75) is 30.6 Å². The van der Waals surface area contributed by atoms with E-state index in [1.54, 1.807) is 24.4 Å². The molecule has 4 rings (SSSR count). The van der Waals surface area contributed by atoms with Gasteiger partial charge in [-0.25, -0.2) is 22.2 Å². The predicted octanol–water partition coefficient (Wildman–Crippen LogP) is 5.96. The van der Waals surface area contributed by atoms with Gasteiger partial charge in [0, 0.05) is 34.4 Å². The number of unbranched alkanes of at least 4 members (excludes halogenated alkanes) is 1. The Bertz CT molecular complexity index is 1370. The average molecular weight is 525 g/mol. The molecule has 0 saturated carbocycles. The number of ether oxygens (including phenoxy) is 1. The average Bonchev–Trinajstić information content (AvgIpc) is 3.49. The van der Waals surface area contributed by atoms with Gasteiger partial charge in [-0.05, 0) is 55.5 Å². The topological polar surface area (TPSA) is 97.0 Å². The Hall–Kier alpha value is -3.02. The van der Waals surface area contributed by atoms with E-state index in [9.17, 15) is 17.2 Å². The van der Waals surface area contributed by atoms with E-state index in [1.807, 2.05) is 6.07 Å². The van der Waals surface area contributed by atoms with Crippen LogP contribution in [0, 0.1) is 11.6 Å². The molecule has 0 bridgehead atoms. The molecule has 0 aliphatic rings. The van der Waals surface area contributed by atoms with Crippen molar-refractivity contribution < 1.29 is 21.9 Å². The highest BCUT2D eigenvalue weighted by Crippen LogP contribution is 2.33. The molecule has 0 radical (unpaired) electrons. The highest BCUT2D eigenvalue weighted by atomic mass is 35.5. The van der Waals surface area contributed by atoms with E-state index in [-0.39, 0.29) is 5.82 Å². The summed E-state index contributed by atoms with van der Waals surface area (Å²) in [5, 5.41) is 8.73. The summed E-state index contributed by atoms with van der Waals surface area (Å²) in [5.74, 6) is -2.30. The predicted molar refractivity (Wildman–Crippen MR) is 126 cm³/mol. The number of aromatic amines is 1. The van der Waals surface area contributed by atoms with Crippen molar-refractivity contribution in [3.63, 3.8) is 0 Å². The second-order valence-electron chi connectivity index (χ2n) is 7.34. The smallest absolute Gasteiger partial charge is 0.266 e. The summed E-state index contributed by atoms with van der Waals surface area (Å²) in [6, 6.07) is 8.05. The summed E-state index contributed by atoms with van der Waals surface area (Å²) in [6.45, 7) is 0. The molecule has 2 heterocycles. The third kappa shape index (κ3) is 5.91. The Labute approximate surface area is 203 Å². The number of H-pyrrole nitrogens is 1. The number of anilines is 1. The van der Waals surface area contributed by atoms with E-state index >= 15 is 0 Å². The number of rotatable bonds is 10. The van der Waals surface area contributed by atoms with E-state index in [0.717, 1.165) is 41.9 Å². The lowest BCUT2D eigenvalue weighted by Gasteiger charge is -2.14. The molecule has 4 aromatic rings. The van der Waals surface area contributed by atoms with Gasteiger partial charge in [0.15, 0.2) is 17.4 Å². The van der Waals surface area contributed by atoms with Gasteiger partial charge in [0.2, 0.25) is 0 Å². The van der Waals surface area contributed by atoms with Gasteiger partial charge in [0.25, 0.3) is 10.0 Å². The first-order chi connectivity index (χ1) is 16.3. The first kappa shape index (κ1) is 24.1. The lowest BCUT2D eigenvalue weighted by atomic mass is 10.1. The first-order valence-electron chi connectivity index (χ1n) is 10.2. The maximum absolute atomic E-state index is 14.8. The van der Waals surface area contributed by atoms with Gasteiger partial charge in [0.1, 0.15) is 16.5 Å². The second-order valence-corrected chi connectivity index (χ2v) is 10.1. The van der Waals surface area contributed by atoms with Crippen LogP contribution in [0.2, 0.25) is 5.02 Å². The monoisotopic (exact) mass is 524 g/mol. The van der Waals surface area contributed by atoms with Crippen molar-refractivity contribution >= 4 is 38.8 Å². The first-order valence-corrected chi connectivity index (χ1v) is 13.0. The van der Waals surface area contributed by atoms with Gasteiger partial charge in [-0.3, -0.25) is 9.82 Å². The number of hydrogen-bond acceptors (Lipinski definition) is 6. The molecule has 178 valence electrons. The molecule has 0 unspecified atom stereocenters. The molecule has 0 saturated heterocycles. The summed E-state index contributed by atoms with van der Waals surface area (Å²) >= 11 is 7.27. The van der Waals surface area contributed by atoms with Crippen LogP contribution < -0.4 is 9.46 Å². The van der Waals surface area contributed by atoms with E-state index in [2.05, 4.69) is 19.9 Å². The zero-order chi connectivity index (χ0) is 24.1. The fourth-order valence-electron chi connectivity index (χ4n) is 3.27. The molecule has 0 aliphatic carbocycles. The zero-order valence-electron chi connectivity index (χ0n) is 17.6. The van der Waals surface area contributed by atoms with Crippen molar-refractivity contribution in [3.8, 4) is 11.5 Å². The van der Waals surface area contributed by atoms with E-state index < -0.39 is 32.3 Å². The van der Waals surface area contributed by atoms with E-state index in [4.69, 9.17) is 16.3 Å². The molecule has 12 heteroatoms. The Morgan fingerprint density at radius 1 is 1.06 bits per heavy atom. The van der Waals surface area contributed by atoms with Crippen LogP contribution >= 0.6 is 22.9 Å². The highest BCUT2D eigenvalue weighted by Gasteiger charge is 2.24. The lowest BCUT2D eigenvalue weighted by Crippen LogP contribution is -2.15. The number of thiazole rings is 1. The summed E-state index contributed by atoms with van der Waals surface area (Å²) in [6.07, 6.45) is 4.78. The van der Waals surface area contributed by atoms with Crippen molar-refractivity contribution in [2.24, 2.45) is 0 Å². The number of hydrogen-bond donors (Lipinski definition) is 2. The Balaban J connectivity index is 1.50. The molecule has 2 aromatic carbocycles. The van der Waals surface area contributed by atoms with Crippen LogP contribution in [0.3, 0.4) is 0 Å². The van der Waals surface area contributed by atoms with E-state index in [0.29, 0.717) is 29.3 Å². The fraction of sp³-hybridized carbons (Fsp3) is 0.182. The highest BCUT2D eigenvalue weighted by molar-refractivity contribution is 7.92. The zero-order valence-corrected chi connectivity index (χ0v) is 20.0. The van der Waals surface area contributed by atoms with Crippen LogP contribution in [-0.4, -0.2) is 23.6 Å². The van der Waals surface area contributed by atoms with Crippen LogP contribution in [0.1, 0.15) is 24.1 Å². The van der Waals surface area contributed by atoms with Crippen molar-refractivity contribution in [3.05, 3.63) is 81.4 Å². The molecule has 0 amide bonds. The summed E-state index contributed by atoms with van der Waals surface area (Å²) in [5.41, 5.74) is 3.16. The number of nitrogens with one attached hydrogen (secondary N) is 2. The van der Waals surface area contributed by atoms with Gasteiger partial charge in [0.05, 0.1) is 5.51 Å². The van der Waals surface area contributed by atoms with Crippen LogP contribution in [0.4, 0.5) is 14.6 Å². The molecule has 2 aromatic heterocycles. The number of benzene rings is 2. The number of halogens is 3. The van der Waals surface area contributed by atoms with Crippen LogP contribution in [0.5, 0.6) is 11.5 Å². The quantitative estimate of drug-likeness (QED) is 0.250. The third-order valence-electron chi connectivity index (χ3n) is 4.89. The van der Waals surface area contributed by atoms with Crippen LogP contribution in [0.15, 0.2) is 58.4 Å². The maximum atomic E-state index is 14.8. The minimum absolute atomic E-state index is 0.0171. The second kappa shape index (κ2) is 10.5. The lowest BCUT2D eigenvalue weighted by molar-refractivity contribution is 0.427. The van der Waals surface area contributed by atoms with Gasteiger partial charge in [-0.15, -0.1) is 11.3 Å². The minimum Gasteiger partial charge on any atom is -0.454 e. The summed E-state index contributed by atoms with van der Waals surface area (Å²) in [4.78, 5) is 2.94. The number of sulfonamides is 1. The van der Waals surface area contributed by atoms with Gasteiger partial charge in [-0.1, -0.05) is 11.6 Å². The normalized spacial score (nSPS) is 11.5. The number of aromatic nitrogens is 3. The molecule has 7 nitrogen and oxygen atoms in total. The standard InChI is InChI=1S/C22H19ClF2N4O3S2/c23-15-5-6-19(14(9-15)3-1-2-4-16-7-8-27-28-16)32-20-10-18(25)21(11-17(20)24)34(30,31)29-22-12-33-13-26-22/h5-13,29H,1-4H2,(H,27,28). The van der Waals surface area contributed by atoms with Crippen molar-refractivity contribution in [1.29, 1.82) is 0 Å². The largest absolute Gasteiger partial charge is 0.454 e. The Kier molecular flexibility index (Phi) is 7.44. The van der Waals surface area contributed by atoms with Crippen LogP contribution in [-0.2, 0) is 22.9 Å². The number of nitrogens with zero attached hydrogens (tertiary/aromatic N) is 2. The van der Waals surface area contributed by atoms with Gasteiger partial charge >= 0.3 is 0 Å². The summed E-state index contributed by atoms with van der Waals surface area (Å²) < 4.78 is 62.1. The molecule has 0 spiro atoms. The Morgan fingerprint density at radius 2 is 1.88 bits per heavy atom. The third-order valence-corrected chi connectivity index (χ3v) is 7.08. The van der Waals surface area contributed by atoms with Crippen molar-refractivity contribution in [1.82, 2.24) is 15.2 Å². The number of aryl methyl sites for hydroxylation is 2. The molecule has 0 aliphatic heterocycles. The molecule has 0 fully saturated rings. The van der Waals surface area contributed by atoms with Gasteiger partial charge in [-0.2, -0.15) is 5.10 Å². The Morgan fingerprint density at radius 3 is 2.62 bits per heavy atom. The molecule has 34 heavy (non-hydrogen) atoms. The van der Waals surface area contributed by atoms with Gasteiger partial charge < -0.3 is 4.74 Å². The van der Waals surface area contributed by atoms with E-state index in [1.165, 1.54) is 10.9 Å². The fourth-order valence-corrected chi connectivity index (χ4v) is 5.09. The molecule has 0 atom stereocenters.